The number of hydrogen-bond acceptors (Lipinski definition) is 5. The molecule has 0 bridgehead atoms. The summed E-state index contributed by atoms with van der Waals surface area (Å²) >= 11 is 0. The second kappa shape index (κ2) is 6.98. The Labute approximate surface area is 141 Å². The van der Waals surface area contributed by atoms with Crippen LogP contribution in [0.4, 0.5) is 0 Å². The molecule has 5 nitrogen and oxygen atoms in total. The zero-order valence-corrected chi connectivity index (χ0v) is 13.8. The number of halogens is 1. The average molecular weight is 338 g/mol. The molecule has 0 aromatic heterocycles. The molecule has 0 spiro atoms. The maximum absolute atomic E-state index is 9.83. The van der Waals surface area contributed by atoms with E-state index in [9.17, 15) is 10.2 Å². The second-order valence-corrected chi connectivity index (χ2v) is 5.26. The molecular weight excluding hydrogens is 318 g/mol. The van der Waals surface area contributed by atoms with Crippen molar-refractivity contribution in [3.8, 4) is 23.0 Å². The Kier molecular flexibility index (Phi) is 5.23. The van der Waals surface area contributed by atoms with Crippen molar-refractivity contribution in [3.05, 3.63) is 47.0 Å². The van der Waals surface area contributed by atoms with E-state index in [0.717, 1.165) is 29.7 Å². The fourth-order valence-electron chi connectivity index (χ4n) is 3.00. The first-order valence-corrected chi connectivity index (χ1v) is 7.14. The lowest BCUT2D eigenvalue weighted by Gasteiger charge is -2.29. The summed E-state index contributed by atoms with van der Waals surface area (Å²) in [5, 5.41) is 23.0. The first-order chi connectivity index (χ1) is 10.7. The van der Waals surface area contributed by atoms with Crippen molar-refractivity contribution in [2.75, 3.05) is 20.8 Å². The molecule has 6 heteroatoms. The van der Waals surface area contributed by atoms with Gasteiger partial charge < -0.3 is 25.0 Å². The van der Waals surface area contributed by atoms with Gasteiger partial charge in [0, 0.05) is 12.1 Å². The molecule has 1 atom stereocenters. The van der Waals surface area contributed by atoms with Gasteiger partial charge in [0.1, 0.15) is 0 Å². The summed E-state index contributed by atoms with van der Waals surface area (Å²) in [6, 6.07) is 8.84. The van der Waals surface area contributed by atoms with E-state index < -0.39 is 0 Å². The van der Waals surface area contributed by atoms with E-state index in [2.05, 4.69) is 5.32 Å². The van der Waals surface area contributed by atoms with Crippen LogP contribution in [-0.2, 0) is 6.42 Å². The SMILES string of the molecule is COc1cccc(C2NCCc3cc(O)c(O)cc32)c1OC.Cl. The number of phenolic OH excluding ortho intramolecular Hbond substituents is 2. The fraction of sp³-hybridized carbons (Fsp3) is 0.294. The van der Waals surface area contributed by atoms with Crippen molar-refractivity contribution >= 4 is 12.4 Å². The third-order valence-corrected chi connectivity index (χ3v) is 4.03. The molecule has 1 aliphatic heterocycles. The van der Waals surface area contributed by atoms with Crippen LogP contribution in [0.3, 0.4) is 0 Å². The normalized spacial score (nSPS) is 16.2. The van der Waals surface area contributed by atoms with Crippen LogP contribution in [0.15, 0.2) is 30.3 Å². The van der Waals surface area contributed by atoms with E-state index in [0.29, 0.717) is 11.5 Å². The van der Waals surface area contributed by atoms with Gasteiger partial charge in [-0.05, 0) is 35.7 Å². The van der Waals surface area contributed by atoms with Crippen LogP contribution in [0.1, 0.15) is 22.7 Å². The Morgan fingerprint density at radius 1 is 1.04 bits per heavy atom. The smallest absolute Gasteiger partial charge is 0.165 e. The molecule has 0 radical (unpaired) electrons. The molecule has 3 N–H and O–H groups in total. The number of rotatable bonds is 3. The van der Waals surface area contributed by atoms with E-state index in [1.165, 1.54) is 0 Å². The Bertz CT molecular complexity index is 705. The third-order valence-electron chi connectivity index (χ3n) is 4.03. The highest BCUT2D eigenvalue weighted by atomic mass is 35.5. The van der Waals surface area contributed by atoms with Crippen LogP contribution in [0.5, 0.6) is 23.0 Å². The largest absolute Gasteiger partial charge is 0.504 e. The van der Waals surface area contributed by atoms with E-state index in [1.54, 1.807) is 26.4 Å². The van der Waals surface area contributed by atoms with E-state index in [-0.39, 0.29) is 29.9 Å². The van der Waals surface area contributed by atoms with Gasteiger partial charge in [-0.15, -0.1) is 12.4 Å². The van der Waals surface area contributed by atoms with Gasteiger partial charge in [0.2, 0.25) is 0 Å². The highest BCUT2D eigenvalue weighted by Gasteiger charge is 2.26. The highest BCUT2D eigenvalue weighted by Crippen LogP contribution is 2.41. The van der Waals surface area contributed by atoms with Crippen molar-refractivity contribution in [1.29, 1.82) is 0 Å². The molecule has 0 aliphatic carbocycles. The Morgan fingerprint density at radius 3 is 2.48 bits per heavy atom. The topological polar surface area (TPSA) is 71.0 Å². The van der Waals surface area contributed by atoms with E-state index in [1.807, 2.05) is 18.2 Å². The Hall–Kier alpha value is -2.11. The Balaban J connectivity index is 0.00000192. The summed E-state index contributed by atoms with van der Waals surface area (Å²) < 4.78 is 10.9. The van der Waals surface area contributed by atoms with Crippen molar-refractivity contribution in [2.24, 2.45) is 0 Å². The zero-order chi connectivity index (χ0) is 15.7. The predicted octanol–water partition coefficient (Wildman–Crippen LogP) is 2.77. The van der Waals surface area contributed by atoms with E-state index in [4.69, 9.17) is 9.47 Å². The third kappa shape index (κ3) is 3.02. The second-order valence-electron chi connectivity index (χ2n) is 5.26. The van der Waals surface area contributed by atoms with Gasteiger partial charge in [-0.1, -0.05) is 12.1 Å². The van der Waals surface area contributed by atoms with Gasteiger partial charge >= 0.3 is 0 Å². The monoisotopic (exact) mass is 337 g/mol. The molecule has 23 heavy (non-hydrogen) atoms. The summed E-state index contributed by atoms with van der Waals surface area (Å²) in [6.45, 7) is 0.780. The molecular formula is C17H20ClNO4. The zero-order valence-electron chi connectivity index (χ0n) is 13.0. The van der Waals surface area contributed by atoms with Crippen molar-refractivity contribution in [1.82, 2.24) is 5.32 Å². The molecule has 3 rings (SSSR count). The molecule has 0 saturated heterocycles. The standard InChI is InChI=1S/C17H19NO4.ClH/c1-21-15-5-3-4-11(17(15)22-2)16-12-9-14(20)13(19)8-10(12)6-7-18-16;/h3-5,8-9,16,18-20H,6-7H2,1-2H3;1H. The number of fused-ring (bicyclic) bond motifs is 1. The summed E-state index contributed by atoms with van der Waals surface area (Å²) in [7, 11) is 3.22. The highest BCUT2D eigenvalue weighted by molar-refractivity contribution is 5.85. The number of methoxy groups -OCH3 is 2. The molecule has 2 aromatic carbocycles. The Morgan fingerprint density at radius 2 is 1.78 bits per heavy atom. The summed E-state index contributed by atoms with van der Waals surface area (Å²) in [5.41, 5.74) is 2.89. The van der Waals surface area contributed by atoms with Gasteiger partial charge in [-0.3, -0.25) is 0 Å². The number of nitrogens with one attached hydrogen (secondary N) is 1. The lowest BCUT2D eigenvalue weighted by molar-refractivity contribution is 0.348. The molecule has 1 unspecified atom stereocenters. The average Bonchev–Trinajstić information content (AvgIpc) is 2.54. The minimum absolute atomic E-state index is 0. The number of ether oxygens (including phenoxy) is 2. The molecule has 124 valence electrons. The molecule has 0 fully saturated rings. The lowest BCUT2D eigenvalue weighted by atomic mass is 9.89. The van der Waals surface area contributed by atoms with Gasteiger partial charge in [0.15, 0.2) is 23.0 Å². The maximum atomic E-state index is 9.83. The number of benzene rings is 2. The summed E-state index contributed by atoms with van der Waals surface area (Å²) in [5.74, 6) is 1.13. The quantitative estimate of drug-likeness (QED) is 0.751. The summed E-state index contributed by atoms with van der Waals surface area (Å²) in [6.07, 6.45) is 0.798. The first-order valence-electron chi connectivity index (χ1n) is 7.14. The van der Waals surface area contributed by atoms with Crippen molar-refractivity contribution in [2.45, 2.75) is 12.5 Å². The van der Waals surface area contributed by atoms with Crippen LogP contribution >= 0.6 is 12.4 Å². The minimum Gasteiger partial charge on any atom is -0.504 e. The van der Waals surface area contributed by atoms with Crippen molar-refractivity contribution in [3.63, 3.8) is 0 Å². The van der Waals surface area contributed by atoms with Gasteiger partial charge in [0.05, 0.1) is 20.3 Å². The van der Waals surface area contributed by atoms with Gasteiger partial charge in [-0.25, -0.2) is 0 Å². The number of hydrogen-bond donors (Lipinski definition) is 3. The van der Waals surface area contributed by atoms with Crippen LogP contribution in [0, 0.1) is 0 Å². The number of phenols is 2. The lowest BCUT2D eigenvalue weighted by Crippen LogP contribution is -2.30. The molecule has 2 aromatic rings. The van der Waals surface area contributed by atoms with Crippen LogP contribution < -0.4 is 14.8 Å². The van der Waals surface area contributed by atoms with Crippen LogP contribution in [0.2, 0.25) is 0 Å². The predicted molar refractivity (Wildman–Crippen MR) is 90.1 cm³/mol. The molecule has 1 aliphatic rings. The summed E-state index contributed by atoms with van der Waals surface area (Å²) in [4.78, 5) is 0. The van der Waals surface area contributed by atoms with Crippen molar-refractivity contribution < 1.29 is 19.7 Å². The fourth-order valence-corrected chi connectivity index (χ4v) is 3.00. The molecule has 1 heterocycles. The van der Waals surface area contributed by atoms with Gasteiger partial charge in [0.25, 0.3) is 0 Å². The molecule has 0 saturated carbocycles. The van der Waals surface area contributed by atoms with Crippen LogP contribution in [-0.4, -0.2) is 31.0 Å². The van der Waals surface area contributed by atoms with Crippen LogP contribution in [0.25, 0.3) is 0 Å². The molecule has 0 amide bonds. The number of aromatic hydroxyl groups is 2. The number of para-hydroxylation sites is 1. The van der Waals surface area contributed by atoms with E-state index >= 15 is 0 Å². The minimum atomic E-state index is -0.125. The first kappa shape index (κ1) is 17.2. The van der Waals surface area contributed by atoms with Gasteiger partial charge in [-0.2, -0.15) is 0 Å². The maximum Gasteiger partial charge on any atom is 0.165 e.